The molecule has 1 aliphatic rings. The molecular formula is C20H23N5O2. The highest BCUT2D eigenvalue weighted by Crippen LogP contribution is 2.40. The van der Waals surface area contributed by atoms with E-state index in [9.17, 15) is 9.59 Å². The Morgan fingerprint density at radius 3 is 2.78 bits per heavy atom. The first-order valence-corrected chi connectivity index (χ1v) is 9.28. The molecule has 3 aromatic rings. The number of fused-ring (bicyclic) bond motifs is 1. The lowest BCUT2D eigenvalue weighted by atomic mass is 10.1. The summed E-state index contributed by atoms with van der Waals surface area (Å²) < 4.78 is 3.77. The van der Waals surface area contributed by atoms with E-state index >= 15 is 0 Å². The standard InChI is InChI=1S/C20H23N5O2/c1-4-25-11-15(17(26)14-8-5-12(2)22-18(14)25)20(27)23-16(13-6-7-13)19-21-9-10-24(19)3/h5,8-11,13,16H,4,6-7H2,1-3H3,(H,23,27). The fourth-order valence-corrected chi connectivity index (χ4v) is 3.48. The van der Waals surface area contributed by atoms with Crippen LogP contribution in [0.25, 0.3) is 11.0 Å². The van der Waals surface area contributed by atoms with Gasteiger partial charge >= 0.3 is 0 Å². The van der Waals surface area contributed by atoms with Crippen LogP contribution in [0, 0.1) is 12.8 Å². The van der Waals surface area contributed by atoms with Crippen molar-refractivity contribution in [2.24, 2.45) is 13.0 Å². The van der Waals surface area contributed by atoms with Gasteiger partial charge < -0.3 is 14.5 Å². The number of aromatic nitrogens is 4. The molecule has 0 aromatic carbocycles. The maximum atomic E-state index is 13.0. The lowest BCUT2D eigenvalue weighted by Crippen LogP contribution is -2.35. The van der Waals surface area contributed by atoms with Crippen LogP contribution in [0.3, 0.4) is 0 Å². The summed E-state index contributed by atoms with van der Waals surface area (Å²) in [5.74, 6) is 0.831. The van der Waals surface area contributed by atoms with Gasteiger partial charge in [-0.2, -0.15) is 0 Å². The molecule has 1 atom stereocenters. The van der Waals surface area contributed by atoms with Crippen LogP contribution in [-0.4, -0.2) is 25.0 Å². The third-order valence-electron chi connectivity index (χ3n) is 5.16. The first-order chi connectivity index (χ1) is 13.0. The second-order valence-electron chi connectivity index (χ2n) is 7.17. The molecule has 0 aliphatic heterocycles. The molecular weight excluding hydrogens is 342 g/mol. The maximum Gasteiger partial charge on any atom is 0.257 e. The summed E-state index contributed by atoms with van der Waals surface area (Å²) in [4.78, 5) is 34.8. The van der Waals surface area contributed by atoms with Crippen LogP contribution in [-0.2, 0) is 13.6 Å². The van der Waals surface area contributed by atoms with Crippen LogP contribution in [0.15, 0.2) is 35.5 Å². The van der Waals surface area contributed by atoms with E-state index in [1.165, 1.54) is 0 Å². The van der Waals surface area contributed by atoms with Crippen molar-refractivity contribution >= 4 is 16.9 Å². The zero-order chi connectivity index (χ0) is 19.1. The van der Waals surface area contributed by atoms with Gasteiger partial charge in [0.2, 0.25) is 5.43 Å². The second kappa shape index (κ2) is 6.64. The minimum absolute atomic E-state index is 0.148. The van der Waals surface area contributed by atoms with E-state index in [1.54, 1.807) is 24.5 Å². The molecule has 1 fully saturated rings. The third-order valence-corrected chi connectivity index (χ3v) is 5.16. The van der Waals surface area contributed by atoms with Gasteiger partial charge in [0, 0.05) is 37.9 Å². The Labute approximate surface area is 157 Å². The van der Waals surface area contributed by atoms with Crippen LogP contribution < -0.4 is 10.7 Å². The quantitative estimate of drug-likeness (QED) is 0.752. The van der Waals surface area contributed by atoms with E-state index in [4.69, 9.17) is 0 Å². The van der Waals surface area contributed by atoms with E-state index in [1.807, 2.05) is 36.2 Å². The average molecular weight is 365 g/mol. The van der Waals surface area contributed by atoms with Crippen molar-refractivity contribution in [3.63, 3.8) is 0 Å². The summed E-state index contributed by atoms with van der Waals surface area (Å²) in [7, 11) is 1.91. The third kappa shape index (κ3) is 3.13. The molecule has 27 heavy (non-hydrogen) atoms. The molecule has 7 heteroatoms. The van der Waals surface area contributed by atoms with E-state index in [0.717, 1.165) is 24.4 Å². The average Bonchev–Trinajstić information content (AvgIpc) is 3.41. The van der Waals surface area contributed by atoms with E-state index in [0.29, 0.717) is 23.5 Å². The summed E-state index contributed by atoms with van der Waals surface area (Å²) in [6.45, 7) is 4.48. The second-order valence-corrected chi connectivity index (χ2v) is 7.17. The predicted molar refractivity (Wildman–Crippen MR) is 103 cm³/mol. The van der Waals surface area contributed by atoms with Gasteiger partial charge in [0.15, 0.2) is 0 Å². The fraction of sp³-hybridized carbons (Fsp3) is 0.400. The summed E-state index contributed by atoms with van der Waals surface area (Å²) in [5.41, 5.74) is 1.32. The van der Waals surface area contributed by atoms with Crippen molar-refractivity contribution < 1.29 is 4.79 Å². The Morgan fingerprint density at radius 2 is 2.15 bits per heavy atom. The Morgan fingerprint density at radius 1 is 1.37 bits per heavy atom. The van der Waals surface area contributed by atoms with Crippen molar-refractivity contribution in [3.05, 3.63) is 58.0 Å². The van der Waals surface area contributed by atoms with Crippen molar-refractivity contribution in [2.75, 3.05) is 0 Å². The number of carbonyl (C=O) groups excluding carboxylic acids is 1. The smallest absolute Gasteiger partial charge is 0.257 e. The lowest BCUT2D eigenvalue weighted by Gasteiger charge is -2.18. The van der Waals surface area contributed by atoms with Crippen LogP contribution >= 0.6 is 0 Å². The van der Waals surface area contributed by atoms with Crippen molar-refractivity contribution in [1.82, 2.24) is 24.4 Å². The predicted octanol–water partition coefficient (Wildman–Crippen LogP) is 2.34. The summed E-state index contributed by atoms with van der Waals surface area (Å²) in [6, 6.07) is 3.37. The van der Waals surface area contributed by atoms with Crippen LogP contribution in [0.2, 0.25) is 0 Å². The summed E-state index contributed by atoms with van der Waals surface area (Å²) >= 11 is 0. The Hall–Kier alpha value is -2.96. The van der Waals surface area contributed by atoms with Gasteiger partial charge in [-0.25, -0.2) is 9.97 Å². The van der Waals surface area contributed by atoms with Gasteiger partial charge in [0.05, 0.1) is 11.4 Å². The first kappa shape index (κ1) is 17.5. The normalized spacial score (nSPS) is 15.1. The minimum Gasteiger partial charge on any atom is -0.342 e. The minimum atomic E-state index is -0.357. The number of nitrogens with zero attached hydrogens (tertiary/aromatic N) is 4. The molecule has 1 amide bonds. The van der Waals surface area contributed by atoms with E-state index < -0.39 is 0 Å². The molecule has 0 saturated heterocycles. The fourth-order valence-electron chi connectivity index (χ4n) is 3.48. The number of rotatable bonds is 5. The zero-order valence-electron chi connectivity index (χ0n) is 15.8. The molecule has 0 bridgehead atoms. The van der Waals surface area contributed by atoms with E-state index in [-0.39, 0.29) is 22.9 Å². The number of hydrogen-bond acceptors (Lipinski definition) is 4. The molecule has 4 rings (SSSR count). The maximum absolute atomic E-state index is 13.0. The molecule has 0 radical (unpaired) electrons. The van der Waals surface area contributed by atoms with Gasteiger partial charge in [0.25, 0.3) is 5.91 Å². The van der Waals surface area contributed by atoms with Gasteiger partial charge in [0.1, 0.15) is 17.0 Å². The lowest BCUT2D eigenvalue weighted by molar-refractivity contribution is 0.0927. The monoisotopic (exact) mass is 365 g/mol. The number of imidazole rings is 1. The Kier molecular flexibility index (Phi) is 4.30. The molecule has 3 aromatic heterocycles. The van der Waals surface area contributed by atoms with Crippen molar-refractivity contribution in [2.45, 2.75) is 39.3 Å². The SMILES string of the molecule is CCn1cc(C(=O)NC(c2nccn2C)C2CC2)c(=O)c2ccc(C)nc21. The number of aryl methyl sites for hydroxylation is 3. The Bertz CT molecular complexity index is 1080. The van der Waals surface area contributed by atoms with Crippen LogP contribution in [0.1, 0.15) is 47.7 Å². The largest absolute Gasteiger partial charge is 0.342 e. The summed E-state index contributed by atoms with van der Waals surface area (Å²) in [6.07, 6.45) is 7.32. The van der Waals surface area contributed by atoms with Gasteiger partial charge in [-0.3, -0.25) is 9.59 Å². The molecule has 1 unspecified atom stereocenters. The van der Waals surface area contributed by atoms with E-state index in [2.05, 4.69) is 15.3 Å². The molecule has 1 aliphatic carbocycles. The topological polar surface area (TPSA) is 81.8 Å². The van der Waals surface area contributed by atoms with Crippen LogP contribution in [0.4, 0.5) is 0 Å². The number of carbonyl (C=O) groups is 1. The number of amides is 1. The molecule has 1 saturated carbocycles. The van der Waals surface area contributed by atoms with Gasteiger partial charge in [-0.15, -0.1) is 0 Å². The van der Waals surface area contributed by atoms with Crippen molar-refractivity contribution in [3.8, 4) is 0 Å². The summed E-state index contributed by atoms with van der Waals surface area (Å²) in [5, 5.41) is 3.52. The highest BCUT2D eigenvalue weighted by atomic mass is 16.2. The number of hydrogen-bond donors (Lipinski definition) is 1. The molecule has 3 heterocycles. The number of nitrogens with one attached hydrogen (secondary N) is 1. The van der Waals surface area contributed by atoms with Crippen molar-refractivity contribution in [1.29, 1.82) is 0 Å². The zero-order valence-corrected chi connectivity index (χ0v) is 15.8. The highest BCUT2D eigenvalue weighted by molar-refractivity contribution is 5.97. The van der Waals surface area contributed by atoms with Crippen LogP contribution in [0.5, 0.6) is 0 Å². The highest BCUT2D eigenvalue weighted by Gasteiger charge is 2.36. The Balaban J connectivity index is 1.74. The molecule has 140 valence electrons. The van der Waals surface area contributed by atoms with Gasteiger partial charge in [-0.05, 0) is 44.7 Å². The first-order valence-electron chi connectivity index (χ1n) is 9.28. The molecule has 7 nitrogen and oxygen atoms in total. The van der Waals surface area contributed by atoms with Gasteiger partial charge in [-0.1, -0.05) is 0 Å². The molecule has 0 spiro atoms. The molecule has 1 N–H and O–H groups in total. The number of pyridine rings is 2.